The zero-order chi connectivity index (χ0) is 14.1. The molecule has 0 saturated carbocycles. The van der Waals surface area contributed by atoms with E-state index in [-0.39, 0.29) is 5.82 Å². The molecule has 0 aliphatic carbocycles. The van der Waals surface area contributed by atoms with E-state index in [1.807, 2.05) is 10.6 Å². The smallest absolute Gasteiger partial charge is 0.126 e. The predicted molar refractivity (Wildman–Crippen MR) is 78.3 cm³/mol. The van der Waals surface area contributed by atoms with Crippen molar-refractivity contribution in [2.75, 3.05) is 5.88 Å². The molecule has 0 fully saturated rings. The van der Waals surface area contributed by atoms with Gasteiger partial charge >= 0.3 is 0 Å². The molecule has 20 heavy (non-hydrogen) atoms. The van der Waals surface area contributed by atoms with Gasteiger partial charge in [0.05, 0.1) is 17.4 Å². The molecular formula is C14H10Cl2FN3. The van der Waals surface area contributed by atoms with Crippen LogP contribution in [0.25, 0.3) is 16.7 Å². The lowest BCUT2D eigenvalue weighted by molar-refractivity contribution is 0.626. The Labute approximate surface area is 125 Å². The first kappa shape index (κ1) is 13.3. The minimum Gasteiger partial charge on any atom is -0.296 e. The Morgan fingerprint density at radius 1 is 1.25 bits per heavy atom. The highest BCUT2D eigenvalue weighted by molar-refractivity contribution is 6.30. The minimum absolute atomic E-state index is 0.340. The second-order valence-electron chi connectivity index (χ2n) is 4.29. The zero-order valence-corrected chi connectivity index (χ0v) is 11.9. The van der Waals surface area contributed by atoms with E-state index in [2.05, 4.69) is 9.97 Å². The largest absolute Gasteiger partial charge is 0.296 e. The van der Waals surface area contributed by atoms with Gasteiger partial charge < -0.3 is 0 Å². The Morgan fingerprint density at radius 2 is 2.10 bits per heavy atom. The third-order valence-electron chi connectivity index (χ3n) is 2.95. The molecule has 0 atom stereocenters. The van der Waals surface area contributed by atoms with Gasteiger partial charge in [-0.25, -0.2) is 9.37 Å². The summed E-state index contributed by atoms with van der Waals surface area (Å²) in [4.78, 5) is 8.54. The Kier molecular flexibility index (Phi) is 3.59. The molecule has 0 aliphatic heterocycles. The van der Waals surface area contributed by atoms with Gasteiger partial charge in [0.1, 0.15) is 17.2 Å². The van der Waals surface area contributed by atoms with Gasteiger partial charge in [-0.15, -0.1) is 11.6 Å². The summed E-state index contributed by atoms with van der Waals surface area (Å²) in [6.45, 7) is 0. The Bertz CT molecular complexity index is 750. The molecule has 0 aliphatic rings. The first-order valence-corrected chi connectivity index (χ1v) is 6.94. The van der Waals surface area contributed by atoms with E-state index in [0.717, 1.165) is 16.9 Å². The molecule has 1 aromatic carbocycles. The van der Waals surface area contributed by atoms with Crippen molar-refractivity contribution in [2.45, 2.75) is 6.42 Å². The number of rotatable bonds is 3. The topological polar surface area (TPSA) is 30.7 Å². The summed E-state index contributed by atoms with van der Waals surface area (Å²) in [6, 6.07) is 6.22. The third-order valence-corrected chi connectivity index (χ3v) is 3.36. The van der Waals surface area contributed by atoms with E-state index in [4.69, 9.17) is 23.2 Å². The number of fused-ring (bicyclic) bond motifs is 1. The number of hydrogen-bond acceptors (Lipinski definition) is 2. The maximum absolute atomic E-state index is 13.6. The van der Waals surface area contributed by atoms with Crippen LogP contribution in [0.3, 0.4) is 0 Å². The van der Waals surface area contributed by atoms with Crippen LogP contribution >= 0.6 is 23.2 Å². The number of benzene rings is 1. The van der Waals surface area contributed by atoms with Crippen molar-refractivity contribution in [1.82, 2.24) is 14.5 Å². The first-order chi connectivity index (χ1) is 9.69. The summed E-state index contributed by atoms with van der Waals surface area (Å²) >= 11 is 11.8. The van der Waals surface area contributed by atoms with Crippen LogP contribution in [0.5, 0.6) is 0 Å². The molecule has 3 nitrogen and oxygen atoms in total. The van der Waals surface area contributed by atoms with Crippen LogP contribution in [0, 0.1) is 5.82 Å². The number of hydrogen-bond donors (Lipinski definition) is 0. The van der Waals surface area contributed by atoms with Gasteiger partial charge in [-0.05, 0) is 24.3 Å². The van der Waals surface area contributed by atoms with E-state index in [1.165, 1.54) is 12.1 Å². The van der Waals surface area contributed by atoms with E-state index in [1.54, 1.807) is 18.5 Å². The molecule has 2 heterocycles. The number of aryl methyl sites for hydroxylation is 1. The van der Waals surface area contributed by atoms with Gasteiger partial charge in [0.15, 0.2) is 0 Å². The summed E-state index contributed by atoms with van der Waals surface area (Å²) in [5.41, 5.74) is 2.22. The lowest BCUT2D eigenvalue weighted by atomic mass is 10.3. The average Bonchev–Trinajstić information content (AvgIpc) is 2.76. The van der Waals surface area contributed by atoms with Gasteiger partial charge in [0.2, 0.25) is 0 Å². The average molecular weight is 310 g/mol. The second kappa shape index (κ2) is 5.38. The summed E-state index contributed by atoms with van der Waals surface area (Å²) in [5.74, 6) is 0.796. The molecule has 0 spiro atoms. The molecule has 0 amide bonds. The molecule has 3 aromatic rings. The summed E-state index contributed by atoms with van der Waals surface area (Å²) in [6.07, 6.45) is 3.92. The van der Waals surface area contributed by atoms with Crippen molar-refractivity contribution in [2.24, 2.45) is 0 Å². The van der Waals surface area contributed by atoms with Crippen molar-refractivity contribution in [3.05, 3.63) is 53.3 Å². The van der Waals surface area contributed by atoms with E-state index in [0.29, 0.717) is 23.0 Å². The Hall–Kier alpha value is -1.65. The minimum atomic E-state index is -0.389. The zero-order valence-electron chi connectivity index (χ0n) is 10.4. The number of alkyl halides is 1. The Balaban J connectivity index is 2.29. The molecule has 0 N–H and O–H groups in total. The number of aromatic nitrogens is 3. The molecule has 3 rings (SSSR count). The molecule has 0 bridgehead atoms. The standard InChI is InChI=1S/C14H10Cl2FN3/c15-3-1-14-19-12-8-18-4-2-13(12)20(14)11-6-9(16)5-10(17)7-11/h2,4-8H,1,3H2. The van der Waals surface area contributed by atoms with Crippen LogP contribution in [0.1, 0.15) is 5.82 Å². The van der Waals surface area contributed by atoms with E-state index >= 15 is 0 Å². The SMILES string of the molecule is Fc1cc(Cl)cc(-n2c(CCCl)nc3cnccc32)c1. The van der Waals surface area contributed by atoms with Crippen LogP contribution in [-0.4, -0.2) is 20.4 Å². The highest BCUT2D eigenvalue weighted by atomic mass is 35.5. The fourth-order valence-electron chi connectivity index (χ4n) is 2.19. The maximum atomic E-state index is 13.6. The van der Waals surface area contributed by atoms with Crippen molar-refractivity contribution in [3.63, 3.8) is 0 Å². The van der Waals surface area contributed by atoms with Gasteiger partial charge in [-0.3, -0.25) is 9.55 Å². The summed E-state index contributed by atoms with van der Waals surface area (Å²) in [5, 5.41) is 0.340. The van der Waals surface area contributed by atoms with Gasteiger partial charge in [-0.1, -0.05) is 11.6 Å². The van der Waals surface area contributed by atoms with Gasteiger partial charge in [0, 0.05) is 23.5 Å². The van der Waals surface area contributed by atoms with Crippen LogP contribution in [0.15, 0.2) is 36.7 Å². The Morgan fingerprint density at radius 3 is 2.85 bits per heavy atom. The van der Waals surface area contributed by atoms with Gasteiger partial charge in [0.25, 0.3) is 0 Å². The lowest BCUT2D eigenvalue weighted by Crippen LogP contribution is -2.02. The van der Waals surface area contributed by atoms with Crippen molar-refractivity contribution >= 4 is 34.2 Å². The molecule has 0 unspecified atom stereocenters. The van der Waals surface area contributed by atoms with E-state index < -0.39 is 0 Å². The van der Waals surface area contributed by atoms with Crippen LogP contribution in [0.4, 0.5) is 4.39 Å². The van der Waals surface area contributed by atoms with Gasteiger partial charge in [-0.2, -0.15) is 0 Å². The van der Waals surface area contributed by atoms with Crippen LogP contribution in [0.2, 0.25) is 5.02 Å². The first-order valence-electron chi connectivity index (χ1n) is 6.03. The molecular weight excluding hydrogens is 300 g/mol. The van der Waals surface area contributed by atoms with Crippen molar-refractivity contribution in [3.8, 4) is 5.69 Å². The van der Waals surface area contributed by atoms with Crippen LogP contribution < -0.4 is 0 Å². The fraction of sp³-hybridized carbons (Fsp3) is 0.143. The summed E-state index contributed by atoms with van der Waals surface area (Å²) < 4.78 is 15.4. The molecule has 0 radical (unpaired) electrons. The number of nitrogens with zero attached hydrogens (tertiary/aromatic N) is 3. The highest BCUT2D eigenvalue weighted by Gasteiger charge is 2.13. The molecule has 102 valence electrons. The number of imidazole rings is 1. The lowest BCUT2D eigenvalue weighted by Gasteiger charge is -2.09. The monoisotopic (exact) mass is 309 g/mol. The van der Waals surface area contributed by atoms with Crippen molar-refractivity contribution < 1.29 is 4.39 Å². The summed E-state index contributed by atoms with van der Waals surface area (Å²) in [7, 11) is 0. The second-order valence-corrected chi connectivity index (χ2v) is 5.11. The quantitative estimate of drug-likeness (QED) is 0.685. The molecule has 0 saturated heterocycles. The van der Waals surface area contributed by atoms with E-state index in [9.17, 15) is 4.39 Å². The highest BCUT2D eigenvalue weighted by Crippen LogP contribution is 2.24. The fourth-order valence-corrected chi connectivity index (χ4v) is 2.58. The van der Waals surface area contributed by atoms with Crippen LogP contribution in [-0.2, 0) is 6.42 Å². The number of pyridine rings is 1. The normalized spacial score (nSPS) is 11.2. The maximum Gasteiger partial charge on any atom is 0.126 e. The third kappa shape index (κ3) is 2.37. The predicted octanol–water partition coefficient (Wildman–Crippen LogP) is 3.99. The number of halogens is 3. The molecule has 2 aromatic heterocycles. The van der Waals surface area contributed by atoms with Crippen molar-refractivity contribution in [1.29, 1.82) is 0 Å². The molecule has 6 heteroatoms.